The van der Waals surface area contributed by atoms with E-state index in [1.165, 1.54) is 0 Å². The Bertz CT molecular complexity index is 879. The van der Waals surface area contributed by atoms with Gasteiger partial charge in [0.2, 0.25) is 5.89 Å². The Balaban J connectivity index is 1.59. The van der Waals surface area contributed by atoms with E-state index in [1.54, 1.807) is 6.92 Å². The molecule has 3 aromatic rings. The summed E-state index contributed by atoms with van der Waals surface area (Å²) in [5.74, 6) is 1.09. The van der Waals surface area contributed by atoms with Crippen LogP contribution in [0.15, 0.2) is 35.0 Å². The summed E-state index contributed by atoms with van der Waals surface area (Å²) in [4.78, 5) is 20.3. The van der Waals surface area contributed by atoms with E-state index in [0.717, 1.165) is 23.7 Å². The number of rotatable bonds is 4. The van der Waals surface area contributed by atoms with Gasteiger partial charge in [0.25, 0.3) is 5.91 Å². The molecule has 0 radical (unpaired) electrons. The fraction of sp³-hybridized carbons (Fsp3) is 0.389. The number of hydrogen-bond donors (Lipinski definition) is 2. The lowest BCUT2D eigenvalue weighted by molar-refractivity contribution is 0.0468. The molecule has 1 saturated heterocycles. The van der Waals surface area contributed by atoms with Gasteiger partial charge in [0.1, 0.15) is 6.04 Å². The standard InChI is InChI=1S/C18H20N4O3/c1-11-20-18(25-22-11)16(13-5-8-24-9-6-13)21-17(23)14-3-2-12-4-7-19-15(12)10-14/h2-4,7,10,13,16,19H,5-6,8-9H2,1H3,(H,21,23)/t16-/m1/s1. The van der Waals surface area contributed by atoms with Crippen molar-refractivity contribution in [3.8, 4) is 0 Å². The number of carbonyl (C=O) groups is 1. The van der Waals surface area contributed by atoms with Crippen LogP contribution >= 0.6 is 0 Å². The van der Waals surface area contributed by atoms with E-state index in [9.17, 15) is 4.79 Å². The molecule has 1 amide bonds. The van der Waals surface area contributed by atoms with Gasteiger partial charge in [-0.2, -0.15) is 4.98 Å². The predicted molar refractivity (Wildman–Crippen MR) is 91.1 cm³/mol. The highest BCUT2D eigenvalue weighted by molar-refractivity contribution is 5.98. The zero-order valence-corrected chi connectivity index (χ0v) is 14.0. The van der Waals surface area contributed by atoms with Gasteiger partial charge in [-0.05, 0) is 49.3 Å². The second-order valence-electron chi connectivity index (χ2n) is 6.36. The Hall–Kier alpha value is -2.67. The lowest BCUT2D eigenvalue weighted by Crippen LogP contribution is -2.36. The van der Waals surface area contributed by atoms with Crippen molar-refractivity contribution in [3.05, 3.63) is 47.7 Å². The molecule has 0 spiro atoms. The van der Waals surface area contributed by atoms with Crippen molar-refractivity contribution in [1.29, 1.82) is 0 Å². The quantitative estimate of drug-likeness (QED) is 0.762. The summed E-state index contributed by atoms with van der Waals surface area (Å²) in [6, 6.07) is 7.28. The minimum Gasteiger partial charge on any atom is -0.381 e. The SMILES string of the molecule is Cc1noc([C@H](NC(=O)c2ccc3cc[nH]c3c2)C2CCOCC2)n1. The number of nitrogens with one attached hydrogen (secondary N) is 2. The fourth-order valence-corrected chi connectivity index (χ4v) is 3.28. The van der Waals surface area contributed by atoms with Crippen LogP contribution in [0.1, 0.15) is 41.0 Å². The number of ether oxygens (including phenoxy) is 1. The molecule has 4 rings (SSSR count). The first-order chi connectivity index (χ1) is 12.2. The highest BCUT2D eigenvalue weighted by Gasteiger charge is 2.31. The number of aromatic nitrogens is 3. The number of amides is 1. The largest absolute Gasteiger partial charge is 0.381 e. The zero-order chi connectivity index (χ0) is 17.2. The van der Waals surface area contributed by atoms with Crippen molar-refractivity contribution in [2.75, 3.05) is 13.2 Å². The maximum Gasteiger partial charge on any atom is 0.252 e. The maximum atomic E-state index is 12.8. The summed E-state index contributed by atoms with van der Waals surface area (Å²) >= 11 is 0. The molecule has 7 heteroatoms. The first-order valence-electron chi connectivity index (χ1n) is 8.46. The summed E-state index contributed by atoms with van der Waals surface area (Å²) in [5, 5.41) is 8.03. The second kappa shape index (κ2) is 6.68. The zero-order valence-electron chi connectivity index (χ0n) is 14.0. The third-order valence-corrected chi connectivity index (χ3v) is 4.65. The number of H-pyrrole nitrogens is 1. The normalized spacial score (nSPS) is 16.8. The van der Waals surface area contributed by atoms with Crippen LogP contribution in [0.3, 0.4) is 0 Å². The molecule has 1 aliphatic rings. The third kappa shape index (κ3) is 3.28. The molecule has 0 aliphatic carbocycles. The Labute approximate surface area is 144 Å². The van der Waals surface area contributed by atoms with Crippen molar-refractivity contribution >= 4 is 16.8 Å². The molecule has 0 bridgehead atoms. The van der Waals surface area contributed by atoms with E-state index in [0.29, 0.717) is 30.5 Å². The minimum atomic E-state index is -0.308. The van der Waals surface area contributed by atoms with Gasteiger partial charge in [-0.3, -0.25) is 4.79 Å². The number of carbonyl (C=O) groups excluding carboxylic acids is 1. The molecule has 7 nitrogen and oxygen atoms in total. The van der Waals surface area contributed by atoms with E-state index in [2.05, 4.69) is 20.4 Å². The molecule has 1 fully saturated rings. The summed E-state index contributed by atoms with van der Waals surface area (Å²) in [6.07, 6.45) is 3.56. The molecule has 0 saturated carbocycles. The van der Waals surface area contributed by atoms with Gasteiger partial charge in [-0.1, -0.05) is 11.2 Å². The van der Waals surface area contributed by atoms with Gasteiger partial charge in [0.05, 0.1) is 0 Å². The van der Waals surface area contributed by atoms with Crippen LogP contribution in [0.25, 0.3) is 10.9 Å². The van der Waals surface area contributed by atoms with Crippen LogP contribution < -0.4 is 5.32 Å². The molecule has 1 aliphatic heterocycles. The van der Waals surface area contributed by atoms with Crippen molar-refractivity contribution in [2.45, 2.75) is 25.8 Å². The number of hydrogen-bond acceptors (Lipinski definition) is 5. The molecular weight excluding hydrogens is 320 g/mol. The van der Waals surface area contributed by atoms with Crippen LogP contribution in [-0.2, 0) is 4.74 Å². The summed E-state index contributed by atoms with van der Waals surface area (Å²) < 4.78 is 10.8. The maximum absolute atomic E-state index is 12.8. The highest BCUT2D eigenvalue weighted by Crippen LogP contribution is 2.29. The first-order valence-corrected chi connectivity index (χ1v) is 8.46. The Kier molecular flexibility index (Phi) is 4.23. The van der Waals surface area contributed by atoms with Crippen LogP contribution in [0.4, 0.5) is 0 Å². The monoisotopic (exact) mass is 340 g/mol. The van der Waals surface area contributed by atoms with Crippen LogP contribution in [0, 0.1) is 12.8 Å². The van der Waals surface area contributed by atoms with Crippen molar-refractivity contribution in [3.63, 3.8) is 0 Å². The minimum absolute atomic E-state index is 0.149. The van der Waals surface area contributed by atoms with Crippen molar-refractivity contribution < 1.29 is 14.1 Å². The Morgan fingerprint density at radius 3 is 2.92 bits per heavy atom. The Morgan fingerprint density at radius 1 is 1.32 bits per heavy atom. The van der Waals surface area contributed by atoms with Gasteiger partial charge in [-0.25, -0.2) is 0 Å². The number of nitrogens with zero attached hydrogens (tertiary/aromatic N) is 2. The molecule has 25 heavy (non-hydrogen) atoms. The van der Waals surface area contributed by atoms with Gasteiger partial charge in [0.15, 0.2) is 5.82 Å². The number of benzene rings is 1. The average molecular weight is 340 g/mol. The number of aromatic amines is 1. The summed E-state index contributed by atoms with van der Waals surface area (Å²) in [6.45, 7) is 3.13. The van der Waals surface area contributed by atoms with E-state index < -0.39 is 0 Å². The van der Waals surface area contributed by atoms with E-state index in [4.69, 9.17) is 9.26 Å². The number of fused-ring (bicyclic) bond motifs is 1. The van der Waals surface area contributed by atoms with Crippen LogP contribution in [0.5, 0.6) is 0 Å². The van der Waals surface area contributed by atoms with Gasteiger partial charge < -0.3 is 19.6 Å². The third-order valence-electron chi connectivity index (χ3n) is 4.65. The first kappa shape index (κ1) is 15.8. The molecule has 2 aromatic heterocycles. The van der Waals surface area contributed by atoms with Crippen LogP contribution in [-0.4, -0.2) is 34.2 Å². The lowest BCUT2D eigenvalue weighted by Gasteiger charge is -2.28. The average Bonchev–Trinajstić information content (AvgIpc) is 3.28. The van der Waals surface area contributed by atoms with E-state index in [1.807, 2.05) is 30.5 Å². The van der Waals surface area contributed by atoms with Crippen molar-refractivity contribution in [2.24, 2.45) is 5.92 Å². The molecule has 3 heterocycles. The fourth-order valence-electron chi connectivity index (χ4n) is 3.28. The molecule has 1 atom stereocenters. The van der Waals surface area contributed by atoms with Gasteiger partial charge >= 0.3 is 0 Å². The molecule has 1 aromatic carbocycles. The highest BCUT2D eigenvalue weighted by atomic mass is 16.5. The topological polar surface area (TPSA) is 93.0 Å². The van der Waals surface area contributed by atoms with Crippen molar-refractivity contribution in [1.82, 2.24) is 20.4 Å². The predicted octanol–water partition coefficient (Wildman–Crippen LogP) is 2.76. The molecular formula is C18H20N4O3. The van der Waals surface area contributed by atoms with Crippen LogP contribution in [0.2, 0.25) is 0 Å². The Morgan fingerprint density at radius 2 is 2.16 bits per heavy atom. The summed E-state index contributed by atoms with van der Waals surface area (Å²) in [7, 11) is 0. The number of aryl methyl sites for hydroxylation is 1. The smallest absolute Gasteiger partial charge is 0.252 e. The van der Waals surface area contributed by atoms with Gasteiger partial charge in [0, 0.05) is 30.5 Å². The van der Waals surface area contributed by atoms with Gasteiger partial charge in [-0.15, -0.1) is 0 Å². The van der Waals surface area contributed by atoms with E-state index >= 15 is 0 Å². The lowest BCUT2D eigenvalue weighted by atomic mass is 9.91. The molecule has 0 unspecified atom stereocenters. The van der Waals surface area contributed by atoms with E-state index in [-0.39, 0.29) is 17.9 Å². The molecule has 130 valence electrons. The summed E-state index contributed by atoms with van der Waals surface area (Å²) in [5.41, 5.74) is 1.53. The molecule has 2 N–H and O–H groups in total. The second-order valence-corrected chi connectivity index (χ2v) is 6.36.